The van der Waals surface area contributed by atoms with Gasteiger partial charge in [0.25, 0.3) is 0 Å². The van der Waals surface area contributed by atoms with E-state index in [1.165, 1.54) is 6.42 Å². The van der Waals surface area contributed by atoms with Crippen LogP contribution < -0.4 is 4.90 Å². The van der Waals surface area contributed by atoms with E-state index in [0.717, 1.165) is 44.5 Å². The van der Waals surface area contributed by atoms with Gasteiger partial charge in [-0.1, -0.05) is 18.6 Å². The minimum atomic E-state index is 0.372. The summed E-state index contributed by atoms with van der Waals surface area (Å²) >= 11 is 0. The van der Waals surface area contributed by atoms with Crippen molar-refractivity contribution in [1.29, 1.82) is 5.26 Å². The summed E-state index contributed by atoms with van der Waals surface area (Å²) in [7, 11) is 0. The molecule has 0 N–H and O–H groups in total. The average Bonchev–Trinajstić information content (AvgIpc) is 3.09. The second-order valence-electron chi connectivity index (χ2n) is 5.85. The van der Waals surface area contributed by atoms with E-state index in [9.17, 15) is 0 Å². The minimum absolute atomic E-state index is 0.372. The molecule has 120 valence electrons. The maximum atomic E-state index is 9.15. The number of rotatable bonds is 5. The smallest absolute Gasteiger partial charge is 0.183 e. The van der Waals surface area contributed by atoms with Gasteiger partial charge in [0, 0.05) is 31.7 Å². The summed E-state index contributed by atoms with van der Waals surface area (Å²) in [4.78, 5) is 10.5. The maximum Gasteiger partial charge on any atom is 0.183 e. The van der Waals surface area contributed by atoms with Gasteiger partial charge in [-0.25, -0.2) is 14.6 Å². The number of unbranched alkanes of at least 4 members (excludes halogenated alkanes) is 1. The Balaban J connectivity index is 1.62. The lowest BCUT2D eigenvalue weighted by Crippen LogP contribution is -2.36. The molecule has 0 amide bonds. The van der Waals surface area contributed by atoms with Crippen LogP contribution in [-0.4, -0.2) is 38.1 Å². The van der Waals surface area contributed by atoms with Gasteiger partial charge >= 0.3 is 0 Å². The number of anilines is 1. The zero-order valence-electron chi connectivity index (χ0n) is 13.4. The molecule has 0 atom stereocenters. The summed E-state index contributed by atoms with van der Waals surface area (Å²) in [6.07, 6.45) is 10.5. The van der Waals surface area contributed by atoms with Gasteiger partial charge in [0.1, 0.15) is 6.07 Å². The quantitative estimate of drug-likeness (QED) is 0.841. The molecule has 2 aromatic rings. The summed E-state index contributed by atoms with van der Waals surface area (Å²) in [6, 6.07) is 2.49. The standard InChI is InChI=1S/C16H21N7/c1-2-3-4-13-12-23(21-20-13)14-5-9-22(10-6-14)16-15(11-17)18-7-8-19-16/h7-8,12,14H,2-6,9-10H2,1H3. The zero-order chi connectivity index (χ0) is 16.1. The van der Waals surface area contributed by atoms with Crippen molar-refractivity contribution in [1.82, 2.24) is 25.0 Å². The molecule has 0 bridgehead atoms. The Kier molecular flexibility index (Phi) is 4.81. The van der Waals surface area contributed by atoms with E-state index < -0.39 is 0 Å². The predicted octanol–water partition coefficient (Wildman–Crippen LogP) is 2.12. The van der Waals surface area contributed by atoms with E-state index >= 15 is 0 Å². The first-order chi connectivity index (χ1) is 11.3. The van der Waals surface area contributed by atoms with E-state index in [1.807, 2.05) is 4.68 Å². The Labute approximate surface area is 136 Å². The molecule has 0 saturated carbocycles. The molecule has 0 spiro atoms. The third-order valence-corrected chi connectivity index (χ3v) is 4.27. The van der Waals surface area contributed by atoms with Crippen LogP contribution in [0.15, 0.2) is 18.6 Å². The largest absolute Gasteiger partial charge is 0.354 e. The zero-order valence-corrected chi connectivity index (χ0v) is 13.4. The van der Waals surface area contributed by atoms with Gasteiger partial charge in [0.15, 0.2) is 11.5 Å². The van der Waals surface area contributed by atoms with Gasteiger partial charge in [-0.05, 0) is 25.7 Å². The Hall–Kier alpha value is -2.49. The molecule has 2 aromatic heterocycles. The van der Waals surface area contributed by atoms with Crippen molar-refractivity contribution in [3.63, 3.8) is 0 Å². The van der Waals surface area contributed by atoms with Gasteiger partial charge in [-0.3, -0.25) is 0 Å². The fraction of sp³-hybridized carbons (Fsp3) is 0.562. The first-order valence-corrected chi connectivity index (χ1v) is 8.18. The number of nitrogens with zero attached hydrogens (tertiary/aromatic N) is 7. The first kappa shape index (κ1) is 15.4. The first-order valence-electron chi connectivity index (χ1n) is 8.18. The fourth-order valence-corrected chi connectivity index (χ4v) is 2.95. The van der Waals surface area contributed by atoms with E-state index in [0.29, 0.717) is 17.6 Å². The van der Waals surface area contributed by atoms with Gasteiger partial charge in [-0.2, -0.15) is 5.26 Å². The highest BCUT2D eigenvalue weighted by Crippen LogP contribution is 2.26. The summed E-state index contributed by atoms with van der Waals surface area (Å²) < 4.78 is 2.00. The van der Waals surface area contributed by atoms with Crippen molar-refractivity contribution in [3.05, 3.63) is 30.0 Å². The van der Waals surface area contributed by atoms with Crippen molar-refractivity contribution in [3.8, 4) is 6.07 Å². The molecule has 23 heavy (non-hydrogen) atoms. The molecule has 3 rings (SSSR count). The number of piperidine rings is 1. The molecule has 3 heterocycles. The third kappa shape index (κ3) is 3.47. The van der Waals surface area contributed by atoms with Crippen molar-refractivity contribution >= 4 is 5.82 Å². The van der Waals surface area contributed by atoms with Gasteiger partial charge in [0.05, 0.1) is 11.7 Å². The molecule has 1 aliphatic heterocycles. The van der Waals surface area contributed by atoms with Crippen LogP contribution in [0.5, 0.6) is 0 Å². The van der Waals surface area contributed by atoms with Crippen molar-refractivity contribution in [2.45, 2.75) is 45.1 Å². The maximum absolute atomic E-state index is 9.15. The highest BCUT2D eigenvalue weighted by Gasteiger charge is 2.24. The summed E-state index contributed by atoms with van der Waals surface area (Å²) in [5.41, 5.74) is 1.48. The average molecular weight is 311 g/mol. The molecule has 0 radical (unpaired) electrons. The van der Waals surface area contributed by atoms with Crippen LogP contribution in [0, 0.1) is 11.3 Å². The number of hydrogen-bond acceptors (Lipinski definition) is 6. The fourth-order valence-electron chi connectivity index (χ4n) is 2.95. The topological polar surface area (TPSA) is 83.5 Å². The molecule has 1 aliphatic rings. The highest BCUT2D eigenvalue weighted by molar-refractivity contribution is 5.49. The lowest BCUT2D eigenvalue weighted by atomic mass is 10.1. The van der Waals surface area contributed by atoms with Crippen LogP contribution in [0.3, 0.4) is 0 Å². The molecular weight excluding hydrogens is 290 g/mol. The Bertz CT molecular complexity index is 680. The van der Waals surface area contributed by atoms with Crippen LogP contribution in [0.25, 0.3) is 0 Å². The van der Waals surface area contributed by atoms with E-state index in [1.54, 1.807) is 12.4 Å². The van der Waals surface area contributed by atoms with E-state index in [4.69, 9.17) is 5.26 Å². The second-order valence-corrected chi connectivity index (χ2v) is 5.85. The molecule has 0 unspecified atom stereocenters. The van der Waals surface area contributed by atoms with Crippen molar-refractivity contribution in [2.24, 2.45) is 0 Å². The molecule has 0 aliphatic carbocycles. The summed E-state index contributed by atoms with van der Waals surface area (Å²) in [5.74, 6) is 0.690. The molecule has 7 heteroatoms. The monoisotopic (exact) mass is 311 g/mol. The Morgan fingerprint density at radius 3 is 2.78 bits per heavy atom. The Morgan fingerprint density at radius 1 is 1.26 bits per heavy atom. The summed E-state index contributed by atoms with van der Waals surface area (Å²) in [6.45, 7) is 3.88. The Morgan fingerprint density at radius 2 is 2.04 bits per heavy atom. The van der Waals surface area contributed by atoms with Crippen molar-refractivity contribution < 1.29 is 0 Å². The molecule has 0 aromatic carbocycles. The third-order valence-electron chi connectivity index (χ3n) is 4.27. The highest BCUT2D eigenvalue weighted by atomic mass is 15.4. The molecule has 1 saturated heterocycles. The van der Waals surface area contributed by atoms with Crippen LogP contribution in [0.4, 0.5) is 5.82 Å². The van der Waals surface area contributed by atoms with Crippen molar-refractivity contribution in [2.75, 3.05) is 18.0 Å². The van der Waals surface area contributed by atoms with Crippen LogP contribution in [0.1, 0.15) is 50.0 Å². The normalized spacial score (nSPS) is 15.6. The van der Waals surface area contributed by atoms with Crippen LogP contribution in [-0.2, 0) is 6.42 Å². The number of aryl methyl sites for hydroxylation is 1. The minimum Gasteiger partial charge on any atom is -0.354 e. The number of hydrogen-bond donors (Lipinski definition) is 0. The lowest BCUT2D eigenvalue weighted by molar-refractivity contribution is 0.359. The van der Waals surface area contributed by atoms with Gasteiger partial charge in [0.2, 0.25) is 0 Å². The van der Waals surface area contributed by atoms with Gasteiger partial charge in [-0.15, -0.1) is 5.10 Å². The number of nitriles is 1. The van der Waals surface area contributed by atoms with Crippen LogP contribution >= 0.6 is 0 Å². The summed E-state index contributed by atoms with van der Waals surface area (Å²) in [5, 5.41) is 17.7. The molecule has 7 nitrogen and oxygen atoms in total. The molecule has 1 fully saturated rings. The van der Waals surface area contributed by atoms with Gasteiger partial charge < -0.3 is 4.90 Å². The van der Waals surface area contributed by atoms with E-state index in [-0.39, 0.29) is 0 Å². The molecular formula is C16H21N7. The lowest BCUT2D eigenvalue weighted by Gasteiger charge is -2.32. The van der Waals surface area contributed by atoms with Crippen LogP contribution in [0.2, 0.25) is 0 Å². The number of aromatic nitrogens is 5. The van der Waals surface area contributed by atoms with E-state index in [2.05, 4.69) is 44.4 Å². The second kappa shape index (κ2) is 7.18. The predicted molar refractivity (Wildman–Crippen MR) is 85.9 cm³/mol. The SMILES string of the molecule is CCCCc1cn(C2CCN(c3nccnc3C#N)CC2)nn1.